The van der Waals surface area contributed by atoms with Crippen molar-refractivity contribution in [2.24, 2.45) is 0 Å². The van der Waals surface area contributed by atoms with E-state index in [2.05, 4.69) is 41.4 Å². The average molecular weight is 234 g/mol. The van der Waals surface area contributed by atoms with Crippen molar-refractivity contribution in [1.29, 1.82) is 0 Å². The summed E-state index contributed by atoms with van der Waals surface area (Å²) in [6.07, 6.45) is 0.849. The molecule has 1 fully saturated rings. The van der Waals surface area contributed by atoms with Gasteiger partial charge in [-0.15, -0.1) is 0 Å². The molecule has 0 aromatic heterocycles. The number of rotatable bonds is 3. The van der Waals surface area contributed by atoms with Gasteiger partial charge in [0.25, 0.3) is 0 Å². The van der Waals surface area contributed by atoms with E-state index in [-0.39, 0.29) is 0 Å². The van der Waals surface area contributed by atoms with Crippen molar-refractivity contribution < 1.29 is 5.11 Å². The lowest BCUT2D eigenvalue weighted by atomic mass is 10.1. The third-order valence-corrected chi connectivity index (χ3v) is 3.64. The number of nitrogens with zero attached hydrogens (tertiary/aromatic N) is 1. The van der Waals surface area contributed by atoms with E-state index in [0.29, 0.717) is 6.04 Å². The number of benzene rings is 1. The third-order valence-electron chi connectivity index (χ3n) is 3.64. The summed E-state index contributed by atoms with van der Waals surface area (Å²) in [4.78, 5) is 2.24. The van der Waals surface area contributed by atoms with E-state index >= 15 is 0 Å². The third kappa shape index (κ3) is 2.79. The quantitative estimate of drug-likeness (QED) is 0.839. The van der Waals surface area contributed by atoms with Gasteiger partial charge in [0.15, 0.2) is 0 Å². The Morgan fingerprint density at radius 2 is 2.00 bits per heavy atom. The zero-order valence-corrected chi connectivity index (χ0v) is 10.9. The summed E-state index contributed by atoms with van der Waals surface area (Å²) < 4.78 is 0. The van der Waals surface area contributed by atoms with Gasteiger partial charge in [0, 0.05) is 24.8 Å². The largest absolute Gasteiger partial charge is 0.388 e. The summed E-state index contributed by atoms with van der Waals surface area (Å²) in [5.41, 5.74) is 1.97. The van der Waals surface area contributed by atoms with Gasteiger partial charge in [-0.2, -0.15) is 0 Å². The van der Waals surface area contributed by atoms with Crippen LogP contribution in [-0.4, -0.2) is 30.8 Å². The maximum atomic E-state index is 9.96. The molecule has 0 bridgehead atoms. The molecule has 0 saturated carbocycles. The topological polar surface area (TPSA) is 35.5 Å². The first-order valence-corrected chi connectivity index (χ1v) is 6.26. The fraction of sp³-hybridized carbons (Fsp3) is 0.571. The Kier molecular flexibility index (Phi) is 3.40. The highest BCUT2D eigenvalue weighted by Crippen LogP contribution is 2.27. The summed E-state index contributed by atoms with van der Waals surface area (Å²) in [5, 5.41) is 13.2. The maximum absolute atomic E-state index is 9.96. The molecule has 3 nitrogen and oxygen atoms in total. The molecule has 3 heteroatoms. The van der Waals surface area contributed by atoms with Crippen molar-refractivity contribution in [3.8, 4) is 0 Å². The summed E-state index contributed by atoms with van der Waals surface area (Å²) in [7, 11) is 1.97. The zero-order valence-electron chi connectivity index (χ0n) is 10.9. The summed E-state index contributed by atoms with van der Waals surface area (Å²) in [6, 6.07) is 8.98. The van der Waals surface area contributed by atoms with E-state index in [0.717, 1.165) is 19.5 Å². The molecular formula is C14H22N2O. The second-order valence-electron chi connectivity index (χ2n) is 5.27. The standard InChI is InChI=1S/C14H22N2O/c1-11(15-3)12-4-6-13(7-5-12)16-9-8-14(2,17)10-16/h4-7,11,15,17H,8-10H2,1-3H3. The molecule has 1 aliphatic heterocycles. The molecule has 0 amide bonds. The molecule has 0 spiro atoms. The van der Waals surface area contributed by atoms with E-state index in [4.69, 9.17) is 0 Å². The van der Waals surface area contributed by atoms with Gasteiger partial charge in [-0.25, -0.2) is 0 Å². The second kappa shape index (κ2) is 4.67. The lowest BCUT2D eigenvalue weighted by molar-refractivity contribution is 0.0839. The number of aliphatic hydroxyl groups is 1. The van der Waals surface area contributed by atoms with Gasteiger partial charge in [0.2, 0.25) is 0 Å². The Morgan fingerprint density at radius 1 is 1.35 bits per heavy atom. The van der Waals surface area contributed by atoms with Crippen LogP contribution in [0.3, 0.4) is 0 Å². The number of anilines is 1. The van der Waals surface area contributed by atoms with Crippen molar-refractivity contribution in [3.63, 3.8) is 0 Å². The molecule has 1 heterocycles. The van der Waals surface area contributed by atoms with Crippen molar-refractivity contribution in [2.45, 2.75) is 31.9 Å². The van der Waals surface area contributed by atoms with E-state index in [1.807, 2.05) is 14.0 Å². The predicted octanol–water partition coefficient (Wildman–Crippen LogP) is 1.93. The van der Waals surface area contributed by atoms with Crippen LogP contribution in [0.1, 0.15) is 31.9 Å². The maximum Gasteiger partial charge on any atom is 0.0810 e. The molecule has 94 valence electrons. The Bertz CT molecular complexity index is 372. The molecule has 1 aromatic rings. The molecule has 0 aliphatic carbocycles. The van der Waals surface area contributed by atoms with Crippen molar-refractivity contribution in [1.82, 2.24) is 5.32 Å². The van der Waals surface area contributed by atoms with Crippen LogP contribution >= 0.6 is 0 Å². The van der Waals surface area contributed by atoms with Gasteiger partial charge in [-0.3, -0.25) is 0 Å². The number of hydrogen-bond donors (Lipinski definition) is 2. The fourth-order valence-electron chi connectivity index (χ4n) is 2.31. The number of β-amino-alcohol motifs (C(OH)–C–C–N with tert-alkyl or cyclic N) is 1. The van der Waals surface area contributed by atoms with Crippen LogP contribution < -0.4 is 10.2 Å². The van der Waals surface area contributed by atoms with Gasteiger partial charge in [0.05, 0.1) is 5.60 Å². The molecular weight excluding hydrogens is 212 g/mol. The van der Waals surface area contributed by atoms with Crippen molar-refractivity contribution in [3.05, 3.63) is 29.8 Å². The highest BCUT2D eigenvalue weighted by Gasteiger charge is 2.31. The normalized spacial score (nSPS) is 26.2. The first kappa shape index (κ1) is 12.4. The SMILES string of the molecule is CNC(C)c1ccc(N2CCC(C)(O)C2)cc1. The number of hydrogen-bond acceptors (Lipinski definition) is 3. The second-order valence-corrected chi connectivity index (χ2v) is 5.27. The first-order chi connectivity index (χ1) is 8.02. The molecule has 2 rings (SSSR count). The van der Waals surface area contributed by atoms with Crippen LogP contribution in [0.5, 0.6) is 0 Å². The van der Waals surface area contributed by atoms with Crippen molar-refractivity contribution >= 4 is 5.69 Å². The monoisotopic (exact) mass is 234 g/mol. The van der Waals surface area contributed by atoms with Gasteiger partial charge < -0.3 is 15.3 Å². The van der Waals surface area contributed by atoms with Gasteiger partial charge >= 0.3 is 0 Å². The fourth-order valence-corrected chi connectivity index (χ4v) is 2.31. The Balaban J connectivity index is 2.09. The molecule has 2 unspecified atom stereocenters. The molecule has 1 aliphatic rings. The Hall–Kier alpha value is -1.06. The highest BCUT2D eigenvalue weighted by molar-refractivity contribution is 5.49. The Morgan fingerprint density at radius 3 is 2.47 bits per heavy atom. The van der Waals surface area contributed by atoms with Crippen LogP contribution in [-0.2, 0) is 0 Å². The first-order valence-electron chi connectivity index (χ1n) is 6.26. The van der Waals surface area contributed by atoms with Gasteiger partial charge in [0.1, 0.15) is 0 Å². The van der Waals surface area contributed by atoms with E-state index in [1.165, 1.54) is 11.3 Å². The van der Waals surface area contributed by atoms with Crippen LogP contribution in [0.15, 0.2) is 24.3 Å². The molecule has 1 saturated heterocycles. The van der Waals surface area contributed by atoms with E-state index in [9.17, 15) is 5.11 Å². The smallest absolute Gasteiger partial charge is 0.0810 e. The molecule has 2 N–H and O–H groups in total. The summed E-state index contributed by atoms with van der Waals surface area (Å²) in [6.45, 7) is 5.72. The summed E-state index contributed by atoms with van der Waals surface area (Å²) in [5.74, 6) is 0. The molecule has 17 heavy (non-hydrogen) atoms. The predicted molar refractivity (Wildman–Crippen MR) is 71.4 cm³/mol. The number of nitrogens with one attached hydrogen (secondary N) is 1. The zero-order chi connectivity index (χ0) is 12.5. The Labute approximate surface area is 103 Å². The van der Waals surface area contributed by atoms with Crippen LogP contribution in [0.4, 0.5) is 5.69 Å². The minimum Gasteiger partial charge on any atom is -0.388 e. The summed E-state index contributed by atoms with van der Waals surface area (Å²) >= 11 is 0. The minimum absolute atomic E-state index is 0.380. The van der Waals surface area contributed by atoms with E-state index in [1.54, 1.807) is 0 Å². The van der Waals surface area contributed by atoms with Gasteiger partial charge in [-0.05, 0) is 45.0 Å². The highest BCUT2D eigenvalue weighted by atomic mass is 16.3. The molecule has 0 radical (unpaired) electrons. The van der Waals surface area contributed by atoms with Gasteiger partial charge in [-0.1, -0.05) is 12.1 Å². The average Bonchev–Trinajstić information content (AvgIpc) is 2.69. The molecule has 2 atom stereocenters. The lowest BCUT2D eigenvalue weighted by Gasteiger charge is -2.21. The van der Waals surface area contributed by atoms with Crippen molar-refractivity contribution in [2.75, 3.05) is 25.0 Å². The van der Waals surface area contributed by atoms with E-state index < -0.39 is 5.60 Å². The minimum atomic E-state index is -0.531. The van der Waals surface area contributed by atoms with Crippen LogP contribution in [0.25, 0.3) is 0 Å². The van der Waals surface area contributed by atoms with Crippen LogP contribution in [0.2, 0.25) is 0 Å². The van der Waals surface area contributed by atoms with Crippen LogP contribution in [0, 0.1) is 0 Å². The molecule has 1 aromatic carbocycles. The lowest BCUT2D eigenvalue weighted by Crippen LogP contribution is -2.29.